The Balaban J connectivity index is 1.91. The van der Waals surface area contributed by atoms with Crippen molar-refractivity contribution in [1.82, 2.24) is 4.98 Å². The molecule has 3 aromatic rings. The number of pyridine rings is 1. The van der Waals surface area contributed by atoms with E-state index in [9.17, 15) is 9.90 Å². The Hall–Kier alpha value is -2.51. The average molecular weight is 365 g/mol. The van der Waals surface area contributed by atoms with E-state index in [2.05, 4.69) is 4.98 Å². The number of carboxylic acids is 1. The van der Waals surface area contributed by atoms with Crippen LogP contribution in [0.3, 0.4) is 0 Å². The number of carbonyl (C=O) groups is 1. The first-order valence-corrected chi connectivity index (χ1v) is 8.11. The molecule has 2 aromatic heterocycles. The van der Waals surface area contributed by atoms with Gasteiger partial charge in [-0.3, -0.25) is 0 Å². The molecule has 0 aliphatic carbocycles. The molecule has 0 saturated carbocycles. The van der Waals surface area contributed by atoms with E-state index in [0.29, 0.717) is 26.6 Å². The van der Waals surface area contributed by atoms with Crippen molar-refractivity contribution in [2.75, 3.05) is 12.8 Å². The summed E-state index contributed by atoms with van der Waals surface area (Å²) in [6.07, 6.45) is 1.27. The lowest BCUT2D eigenvalue weighted by molar-refractivity contribution is 0.0699. The second-order valence-corrected chi connectivity index (χ2v) is 6.20. The predicted octanol–water partition coefficient (Wildman–Crippen LogP) is 3.82. The summed E-state index contributed by atoms with van der Waals surface area (Å²) in [4.78, 5) is 15.2. The van der Waals surface area contributed by atoms with Crippen LogP contribution in [-0.4, -0.2) is 23.2 Å². The van der Waals surface area contributed by atoms with Crippen LogP contribution in [0.15, 0.2) is 29.8 Å². The zero-order valence-electron chi connectivity index (χ0n) is 12.6. The number of halogens is 1. The van der Waals surface area contributed by atoms with Crippen LogP contribution < -0.4 is 15.2 Å². The lowest BCUT2D eigenvalue weighted by Gasteiger charge is -2.09. The second kappa shape index (κ2) is 6.54. The lowest BCUT2D eigenvalue weighted by Crippen LogP contribution is -2.02. The van der Waals surface area contributed by atoms with E-state index in [1.54, 1.807) is 25.3 Å². The van der Waals surface area contributed by atoms with E-state index in [-0.39, 0.29) is 18.0 Å². The van der Waals surface area contributed by atoms with Gasteiger partial charge in [-0.2, -0.15) is 0 Å². The highest BCUT2D eigenvalue weighted by Gasteiger charge is 2.17. The molecular formula is C16H13ClN2O4S. The molecule has 24 heavy (non-hydrogen) atoms. The van der Waals surface area contributed by atoms with Gasteiger partial charge in [0.2, 0.25) is 0 Å². The molecule has 0 atom stereocenters. The number of rotatable bonds is 5. The Morgan fingerprint density at radius 1 is 1.46 bits per heavy atom. The van der Waals surface area contributed by atoms with Crippen molar-refractivity contribution in [2.24, 2.45) is 0 Å². The van der Waals surface area contributed by atoms with E-state index >= 15 is 0 Å². The Bertz CT molecular complexity index is 926. The molecule has 0 fully saturated rings. The number of anilines is 1. The van der Waals surface area contributed by atoms with Crippen LogP contribution in [0, 0.1) is 0 Å². The van der Waals surface area contributed by atoms with Crippen molar-refractivity contribution in [3.05, 3.63) is 45.9 Å². The van der Waals surface area contributed by atoms with Crippen LogP contribution in [0.4, 0.5) is 5.82 Å². The second-order valence-electron chi connectivity index (χ2n) is 4.91. The minimum Gasteiger partial charge on any atom is -0.497 e. The third kappa shape index (κ3) is 2.95. The number of aromatic carboxylic acids is 1. The molecule has 8 heteroatoms. The van der Waals surface area contributed by atoms with E-state index < -0.39 is 5.97 Å². The number of aromatic nitrogens is 1. The summed E-state index contributed by atoms with van der Waals surface area (Å²) in [6, 6.07) is 5.10. The van der Waals surface area contributed by atoms with Crippen molar-refractivity contribution in [3.8, 4) is 11.5 Å². The number of fused-ring (bicyclic) bond motifs is 1. The third-order valence-corrected chi connectivity index (χ3v) is 4.81. The Morgan fingerprint density at radius 3 is 2.92 bits per heavy atom. The molecule has 0 saturated heterocycles. The van der Waals surface area contributed by atoms with Gasteiger partial charge in [-0.15, -0.1) is 11.3 Å². The highest BCUT2D eigenvalue weighted by molar-refractivity contribution is 7.17. The van der Waals surface area contributed by atoms with Crippen LogP contribution in [0.25, 0.3) is 10.1 Å². The van der Waals surface area contributed by atoms with E-state index in [0.717, 1.165) is 5.56 Å². The fraction of sp³-hybridized carbons (Fsp3) is 0.125. The fourth-order valence-electron chi connectivity index (χ4n) is 2.27. The summed E-state index contributed by atoms with van der Waals surface area (Å²) in [6.45, 7) is 0.195. The predicted molar refractivity (Wildman–Crippen MR) is 93.3 cm³/mol. The van der Waals surface area contributed by atoms with Crippen molar-refractivity contribution in [1.29, 1.82) is 0 Å². The van der Waals surface area contributed by atoms with Gasteiger partial charge in [-0.1, -0.05) is 11.6 Å². The van der Waals surface area contributed by atoms with Crippen molar-refractivity contribution >= 4 is 44.8 Å². The molecule has 0 spiro atoms. The highest BCUT2D eigenvalue weighted by Crippen LogP contribution is 2.34. The topological polar surface area (TPSA) is 94.7 Å². The van der Waals surface area contributed by atoms with E-state index in [4.69, 9.17) is 26.8 Å². The minimum atomic E-state index is -1.04. The molecule has 0 aliphatic rings. The number of hydrogen-bond donors (Lipinski definition) is 2. The quantitative estimate of drug-likeness (QED) is 0.714. The van der Waals surface area contributed by atoms with Gasteiger partial charge >= 0.3 is 5.97 Å². The van der Waals surface area contributed by atoms with Gasteiger partial charge < -0.3 is 20.3 Å². The summed E-state index contributed by atoms with van der Waals surface area (Å²) in [5, 5.41) is 12.1. The first kappa shape index (κ1) is 16.4. The monoisotopic (exact) mass is 364 g/mol. The molecule has 0 aliphatic heterocycles. The number of benzene rings is 1. The SMILES string of the molecule is COc1ccc(OCc2csc3c(C(=O)O)cnc(N)c23)c(Cl)c1. The summed E-state index contributed by atoms with van der Waals surface area (Å²) in [7, 11) is 1.56. The first-order valence-electron chi connectivity index (χ1n) is 6.85. The molecule has 6 nitrogen and oxygen atoms in total. The Kier molecular flexibility index (Phi) is 4.46. The van der Waals surface area contributed by atoms with Gasteiger partial charge in [0.25, 0.3) is 0 Å². The van der Waals surface area contributed by atoms with Crippen LogP contribution in [0.5, 0.6) is 11.5 Å². The molecule has 0 amide bonds. The normalized spacial score (nSPS) is 10.8. The maximum atomic E-state index is 11.3. The molecule has 124 valence electrons. The van der Waals surface area contributed by atoms with E-state index in [1.165, 1.54) is 17.5 Å². The van der Waals surface area contributed by atoms with Crippen molar-refractivity contribution in [2.45, 2.75) is 6.61 Å². The van der Waals surface area contributed by atoms with Gasteiger partial charge in [0.15, 0.2) is 0 Å². The maximum Gasteiger partial charge on any atom is 0.338 e. The van der Waals surface area contributed by atoms with Crippen LogP contribution in [0.2, 0.25) is 5.02 Å². The third-order valence-electron chi connectivity index (χ3n) is 3.45. The standard InChI is InChI=1S/C16H13ClN2O4S/c1-22-9-2-3-12(11(17)4-9)23-6-8-7-24-14-10(16(20)21)5-19-15(18)13(8)14/h2-5,7H,6H2,1H3,(H2,18,19)(H,20,21). The maximum absolute atomic E-state index is 11.3. The zero-order chi connectivity index (χ0) is 17.3. The molecule has 2 heterocycles. The molecule has 3 rings (SSSR count). The number of nitrogen functional groups attached to an aromatic ring is 1. The highest BCUT2D eigenvalue weighted by atomic mass is 35.5. The van der Waals surface area contributed by atoms with Crippen LogP contribution >= 0.6 is 22.9 Å². The largest absolute Gasteiger partial charge is 0.497 e. The smallest absolute Gasteiger partial charge is 0.338 e. The first-order chi connectivity index (χ1) is 11.5. The van der Waals surface area contributed by atoms with Crippen molar-refractivity contribution in [3.63, 3.8) is 0 Å². The van der Waals surface area contributed by atoms with Gasteiger partial charge in [-0.05, 0) is 17.5 Å². The summed E-state index contributed by atoms with van der Waals surface area (Å²) in [5.74, 6) is 0.362. The van der Waals surface area contributed by atoms with Crippen molar-refractivity contribution < 1.29 is 19.4 Å². The van der Waals surface area contributed by atoms with Crippen LogP contribution in [0.1, 0.15) is 15.9 Å². The molecule has 3 N–H and O–H groups in total. The number of methoxy groups -OCH3 is 1. The number of nitrogens with two attached hydrogens (primary N) is 1. The number of nitrogens with zero attached hydrogens (tertiary/aromatic N) is 1. The number of hydrogen-bond acceptors (Lipinski definition) is 6. The molecule has 0 radical (unpaired) electrons. The molecule has 1 aromatic carbocycles. The Labute approximate surface area is 146 Å². The number of ether oxygens (including phenoxy) is 2. The molecule has 0 unspecified atom stereocenters. The Morgan fingerprint density at radius 2 is 2.25 bits per heavy atom. The zero-order valence-corrected chi connectivity index (χ0v) is 14.1. The van der Waals surface area contributed by atoms with Gasteiger partial charge in [-0.25, -0.2) is 9.78 Å². The van der Waals surface area contributed by atoms with E-state index in [1.807, 2.05) is 5.38 Å². The van der Waals surface area contributed by atoms with Gasteiger partial charge in [0.1, 0.15) is 23.9 Å². The molecular weight excluding hydrogens is 352 g/mol. The summed E-state index contributed by atoms with van der Waals surface area (Å²) in [5.41, 5.74) is 6.79. The van der Waals surface area contributed by atoms with Crippen LogP contribution in [-0.2, 0) is 6.61 Å². The minimum absolute atomic E-state index is 0.123. The number of thiophene rings is 1. The summed E-state index contributed by atoms with van der Waals surface area (Å²) < 4.78 is 11.4. The lowest BCUT2D eigenvalue weighted by atomic mass is 10.1. The number of carboxylic acid groups (broad SMARTS) is 1. The van der Waals surface area contributed by atoms with Gasteiger partial charge in [0.05, 0.1) is 22.4 Å². The van der Waals surface area contributed by atoms with Gasteiger partial charge in [0, 0.05) is 23.2 Å². The average Bonchev–Trinajstić information content (AvgIpc) is 2.98. The fourth-order valence-corrected chi connectivity index (χ4v) is 3.56. The summed E-state index contributed by atoms with van der Waals surface area (Å²) >= 11 is 7.44. The molecule has 0 bridgehead atoms.